The SMILES string of the molecule is COc1ccccc1[C@H]1C2=C(N=c3s/c(=C\c4ccc(C)c(Br)c4)c(=O)n31)c1ccccc1CC2. The van der Waals surface area contributed by atoms with Crippen LogP contribution in [0.5, 0.6) is 5.75 Å². The Morgan fingerprint density at radius 3 is 2.71 bits per heavy atom. The van der Waals surface area contributed by atoms with Crippen LogP contribution in [0.1, 0.15) is 40.3 Å². The van der Waals surface area contributed by atoms with E-state index in [1.807, 2.05) is 41.0 Å². The van der Waals surface area contributed by atoms with Crippen molar-refractivity contribution < 1.29 is 4.74 Å². The molecule has 6 heteroatoms. The van der Waals surface area contributed by atoms with Gasteiger partial charge in [-0.25, -0.2) is 4.99 Å². The van der Waals surface area contributed by atoms with Crippen molar-refractivity contribution in [3.63, 3.8) is 0 Å². The molecule has 4 aromatic rings. The first kappa shape index (κ1) is 22.3. The number of aryl methyl sites for hydroxylation is 2. The van der Waals surface area contributed by atoms with Crippen LogP contribution in [0.4, 0.5) is 0 Å². The number of thiazole rings is 1. The molecule has 0 saturated heterocycles. The Kier molecular flexibility index (Phi) is 5.58. The summed E-state index contributed by atoms with van der Waals surface area (Å²) in [6.07, 6.45) is 3.75. The summed E-state index contributed by atoms with van der Waals surface area (Å²) in [6.45, 7) is 2.05. The Morgan fingerprint density at radius 1 is 1.09 bits per heavy atom. The molecule has 0 spiro atoms. The third kappa shape index (κ3) is 3.72. The molecule has 0 radical (unpaired) electrons. The molecule has 1 aliphatic heterocycles. The van der Waals surface area contributed by atoms with Crippen LogP contribution in [0.2, 0.25) is 0 Å². The second kappa shape index (κ2) is 8.77. The maximum absolute atomic E-state index is 13.9. The average molecular weight is 543 g/mol. The number of halogens is 1. The van der Waals surface area contributed by atoms with Gasteiger partial charge in [-0.3, -0.25) is 9.36 Å². The number of fused-ring (bicyclic) bond motifs is 3. The summed E-state index contributed by atoms with van der Waals surface area (Å²) in [6, 6.07) is 22.4. The van der Waals surface area contributed by atoms with Crippen LogP contribution < -0.4 is 19.6 Å². The van der Waals surface area contributed by atoms with Crippen molar-refractivity contribution in [2.75, 3.05) is 7.11 Å². The van der Waals surface area contributed by atoms with Crippen molar-refractivity contribution in [2.24, 2.45) is 4.99 Å². The van der Waals surface area contributed by atoms with Crippen LogP contribution in [0.25, 0.3) is 11.8 Å². The standard InChI is InChI=1S/C29H23BrN2O2S/c1-17-11-12-18(15-23(17)30)16-25-28(33)32-27(21-9-5-6-10-24(21)34-2)22-14-13-19-7-3-4-8-20(19)26(22)31-29(32)35-25/h3-12,15-16,27H,13-14H2,1-2H3/b25-16-/t27-/m0/s1. The number of hydrogen-bond acceptors (Lipinski definition) is 4. The van der Waals surface area contributed by atoms with Gasteiger partial charge in [0.2, 0.25) is 0 Å². The summed E-state index contributed by atoms with van der Waals surface area (Å²) in [5.74, 6) is 0.780. The largest absolute Gasteiger partial charge is 0.496 e. The fourth-order valence-electron chi connectivity index (χ4n) is 5.04. The van der Waals surface area contributed by atoms with E-state index in [1.54, 1.807) is 7.11 Å². The topological polar surface area (TPSA) is 43.6 Å². The number of methoxy groups -OCH3 is 1. The number of nitrogens with zero attached hydrogens (tertiary/aromatic N) is 2. The molecule has 2 heterocycles. The summed E-state index contributed by atoms with van der Waals surface area (Å²) in [7, 11) is 1.68. The summed E-state index contributed by atoms with van der Waals surface area (Å²) in [4.78, 5) is 19.7. The van der Waals surface area contributed by atoms with Crippen molar-refractivity contribution in [1.82, 2.24) is 4.57 Å². The number of aromatic nitrogens is 1. The second-order valence-corrected chi connectivity index (χ2v) is 10.7. The van der Waals surface area contributed by atoms with Gasteiger partial charge in [-0.2, -0.15) is 0 Å². The zero-order chi connectivity index (χ0) is 24.1. The Hall–Kier alpha value is -3.22. The minimum absolute atomic E-state index is 0.0215. The second-order valence-electron chi connectivity index (χ2n) is 8.86. The van der Waals surface area contributed by atoms with Gasteiger partial charge in [0.1, 0.15) is 5.75 Å². The van der Waals surface area contributed by atoms with Crippen LogP contribution in [0.15, 0.2) is 86.6 Å². The molecule has 1 atom stereocenters. The van der Waals surface area contributed by atoms with Crippen LogP contribution in [0, 0.1) is 6.92 Å². The van der Waals surface area contributed by atoms with E-state index in [4.69, 9.17) is 9.73 Å². The fourth-order valence-corrected chi connectivity index (χ4v) is 6.44. The van der Waals surface area contributed by atoms with E-state index in [0.717, 1.165) is 55.8 Å². The summed E-state index contributed by atoms with van der Waals surface area (Å²) >= 11 is 5.06. The third-order valence-electron chi connectivity index (χ3n) is 6.80. The van der Waals surface area contributed by atoms with Crippen molar-refractivity contribution in [2.45, 2.75) is 25.8 Å². The highest BCUT2D eigenvalue weighted by atomic mass is 79.9. The zero-order valence-electron chi connectivity index (χ0n) is 19.4. The molecule has 0 amide bonds. The number of allylic oxidation sites excluding steroid dienone is 1. The van der Waals surface area contributed by atoms with Crippen LogP contribution >= 0.6 is 27.3 Å². The van der Waals surface area contributed by atoms with Crippen LogP contribution in [-0.4, -0.2) is 11.7 Å². The Balaban J connectivity index is 1.64. The highest BCUT2D eigenvalue weighted by Gasteiger charge is 2.33. The normalized spacial score (nSPS) is 16.9. The number of hydrogen-bond donors (Lipinski definition) is 0. The lowest BCUT2D eigenvalue weighted by molar-refractivity contribution is 0.402. The van der Waals surface area contributed by atoms with Gasteiger partial charge >= 0.3 is 0 Å². The van der Waals surface area contributed by atoms with Crippen molar-refractivity contribution in [1.29, 1.82) is 0 Å². The van der Waals surface area contributed by atoms with Gasteiger partial charge in [0, 0.05) is 15.6 Å². The van der Waals surface area contributed by atoms with Crippen LogP contribution in [0.3, 0.4) is 0 Å². The molecule has 1 aliphatic carbocycles. The molecule has 3 aromatic carbocycles. The maximum atomic E-state index is 13.9. The summed E-state index contributed by atoms with van der Waals surface area (Å²) < 4.78 is 9.32. The molecule has 1 aromatic heterocycles. The molecule has 0 fully saturated rings. The van der Waals surface area contributed by atoms with Gasteiger partial charge in [-0.15, -0.1) is 0 Å². The highest BCUT2D eigenvalue weighted by Crippen LogP contribution is 2.43. The van der Waals surface area contributed by atoms with Crippen LogP contribution in [-0.2, 0) is 6.42 Å². The van der Waals surface area contributed by atoms with Gasteiger partial charge in [0.15, 0.2) is 4.80 Å². The molecule has 174 valence electrons. The Morgan fingerprint density at radius 2 is 1.89 bits per heavy atom. The molecular weight excluding hydrogens is 520 g/mol. The molecule has 35 heavy (non-hydrogen) atoms. The molecule has 6 rings (SSSR count). The van der Waals surface area contributed by atoms with Gasteiger partial charge < -0.3 is 4.74 Å². The molecule has 0 N–H and O–H groups in total. The lowest BCUT2D eigenvalue weighted by atomic mass is 9.83. The van der Waals surface area contributed by atoms with Gasteiger partial charge in [0.25, 0.3) is 5.56 Å². The predicted octanol–water partition coefficient (Wildman–Crippen LogP) is 5.40. The van der Waals surface area contributed by atoms with E-state index >= 15 is 0 Å². The molecule has 0 unspecified atom stereocenters. The number of rotatable bonds is 3. The number of ether oxygens (including phenoxy) is 1. The van der Waals surface area contributed by atoms with Crippen molar-refractivity contribution in [3.05, 3.63) is 124 Å². The quantitative estimate of drug-likeness (QED) is 0.348. The molecule has 0 saturated carbocycles. The molecule has 0 bridgehead atoms. The zero-order valence-corrected chi connectivity index (χ0v) is 21.8. The van der Waals surface area contributed by atoms with Crippen molar-refractivity contribution in [3.8, 4) is 5.75 Å². The lowest BCUT2D eigenvalue weighted by Crippen LogP contribution is -2.39. The van der Waals surface area contributed by atoms with E-state index in [-0.39, 0.29) is 11.6 Å². The van der Waals surface area contributed by atoms with E-state index in [0.29, 0.717) is 4.53 Å². The lowest BCUT2D eigenvalue weighted by Gasteiger charge is -2.31. The van der Waals surface area contributed by atoms with E-state index < -0.39 is 0 Å². The fraction of sp³-hybridized carbons (Fsp3) is 0.172. The van der Waals surface area contributed by atoms with Gasteiger partial charge in [0.05, 0.1) is 23.4 Å². The Labute approximate surface area is 215 Å². The number of para-hydroxylation sites is 1. The molecule has 2 aliphatic rings. The number of benzene rings is 3. The highest BCUT2D eigenvalue weighted by molar-refractivity contribution is 9.10. The molecular formula is C29H23BrN2O2S. The average Bonchev–Trinajstić information content (AvgIpc) is 3.19. The Bertz CT molecular complexity index is 1700. The van der Waals surface area contributed by atoms with Gasteiger partial charge in [-0.1, -0.05) is 81.9 Å². The first-order valence-corrected chi connectivity index (χ1v) is 13.2. The predicted molar refractivity (Wildman–Crippen MR) is 145 cm³/mol. The first-order chi connectivity index (χ1) is 17.0. The minimum Gasteiger partial charge on any atom is -0.496 e. The van der Waals surface area contributed by atoms with E-state index in [2.05, 4.69) is 59.3 Å². The summed E-state index contributed by atoms with van der Waals surface area (Å²) in [5.41, 5.74) is 7.74. The molecule has 4 nitrogen and oxygen atoms in total. The van der Waals surface area contributed by atoms with Gasteiger partial charge in [-0.05, 0) is 60.2 Å². The summed E-state index contributed by atoms with van der Waals surface area (Å²) in [5, 5.41) is 0. The minimum atomic E-state index is -0.252. The first-order valence-electron chi connectivity index (χ1n) is 11.6. The van der Waals surface area contributed by atoms with Crippen molar-refractivity contribution >= 4 is 39.0 Å². The monoisotopic (exact) mass is 542 g/mol. The maximum Gasteiger partial charge on any atom is 0.271 e. The smallest absolute Gasteiger partial charge is 0.271 e. The van der Waals surface area contributed by atoms with E-state index in [1.165, 1.54) is 22.5 Å². The van der Waals surface area contributed by atoms with E-state index in [9.17, 15) is 4.79 Å². The third-order valence-corrected chi connectivity index (χ3v) is 8.64.